The molecule has 2 fully saturated rings. The second-order valence-electron chi connectivity index (χ2n) is 7.34. The third-order valence-electron chi connectivity index (χ3n) is 5.15. The van der Waals surface area contributed by atoms with Gasteiger partial charge in [0.25, 0.3) is 5.91 Å². The SMILES string of the molecule is O=C(O)C(F)(F)F.O=C(c1cccnc1)N1CCOC2CC(COc3ccccn3)CC21. The van der Waals surface area contributed by atoms with Gasteiger partial charge in [0, 0.05) is 31.2 Å². The number of aliphatic carboxylic acids is 1. The number of carbonyl (C=O) groups is 2. The average molecular weight is 453 g/mol. The number of rotatable bonds is 4. The van der Waals surface area contributed by atoms with E-state index in [2.05, 4.69) is 9.97 Å². The number of morpholine rings is 1. The molecule has 4 rings (SSSR count). The molecule has 32 heavy (non-hydrogen) atoms. The van der Waals surface area contributed by atoms with Crippen molar-refractivity contribution in [3.05, 3.63) is 54.5 Å². The van der Waals surface area contributed by atoms with Crippen LogP contribution in [0.5, 0.6) is 5.88 Å². The van der Waals surface area contributed by atoms with Gasteiger partial charge >= 0.3 is 12.1 Å². The molecule has 3 atom stereocenters. The summed E-state index contributed by atoms with van der Waals surface area (Å²) in [4.78, 5) is 31.9. The van der Waals surface area contributed by atoms with Crippen LogP contribution in [-0.4, -0.2) is 69.9 Å². The standard InChI is InChI=1S/C19H21N3O3.C2HF3O2/c23-19(15-4-3-6-20-12-15)22-8-9-24-17-11-14(10-16(17)22)13-25-18-5-1-2-7-21-18;3-2(4,5)1(6)7/h1-7,12,14,16-17H,8-11,13H2;(H,6,7). The molecule has 1 amide bonds. The highest BCUT2D eigenvalue weighted by Gasteiger charge is 2.43. The number of amides is 1. The second kappa shape index (κ2) is 10.4. The monoisotopic (exact) mass is 453 g/mol. The van der Waals surface area contributed by atoms with E-state index < -0.39 is 12.1 Å². The van der Waals surface area contributed by atoms with Crippen molar-refractivity contribution in [1.29, 1.82) is 0 Å². The molecule has 2 aromatic rings. The average Bonchev–Trinajstić information content (AvgIpc) is 3.21. The molecule has 3 unspecified atom stereocenters. The molecule has 172 valence electrons. The van der Waals surface area contributed by atoms with Gasteiger partial charge in [0.1, 0.15) is 0 Å². The normalized spacial score (nSPS) is 22.3. The van der Waals surface area contributed by atoms with E-state index >= 15 is 0 Å². The summed E-state index contributed by atoms with van der Waals surface area (Å²) in [6.07, 6.45) is 1.84. The fraction of sp³-hybridized carbons (Fsp3) is 0.429. The molecule has 0 radical (unpaired) electrons. The molecular formula is C21H22F3N3O5. The molecule has 2 aliphatic rings. The predicted molar refractivity (Wildman–Crippen MR) is 105 cm³/mol. The van der Waals surface area contributed by atoms with Gasteiger partial charge in [-0.25, -0.2) is 9.78 Å². The van der Waals surface area contributed by atoms with Gasteiger partial charge in [-0.15, -0.1) is 0 Å². The fourth-order valence-electron chi connectivity index (χ4n) is 3.73. The summed E-state index contributed by atoms with van der Waals surface area (Å²) in [5, 5.41) is 7.12. The zero-order chi connectivity index (χ0) is 23.1. The lowest BCUT2D eigenvalue weighted by atomic mass is 10.1. The van der Waals surface area contributed by atoms with Crippen molar-refractivity contribution in [3.8, 4) is 5.88 Å². The van der Waals surface area contributed by atoms with Crippen LogP contribution in [0.15, 0.2) is 48.9 Å². The van der Waals surface area contributed by atoms with E-state index in [4.69, 9.17) is 19.4 Å². The quantitative estimate of drug-likeness (QED) is 0.760. The summed E-state index contributed by atoms with van der Waals surface area (Å²) in [5.74, 6) is -1.72. The molecule has 0 bridgehead atoms. The summed E-state index contributed by atoms with van der Waals surface area (Å²) < 4.78 is 43.5. The predicted octanol–water partition coefficient (Wildman–Crippen LogP) is 2.81. The topological polar surface area (TPSA) is 102 Å². The molecule has 11 heteroatoms. The number of aromatic nitrogens is 2. The van der Waals surface area contributed by atoms with E-state index in [0.29, 0.717) is 37.1 Å². The zero-order valence-electron chi connectivity index (χ0n) is 16.9. The molecular weight excluding hydrogens is 431 g/mol. The van der Waals surface area contributed by atoms with Gasteiger partial charge in [0.15, 0.2) is 0 Å². The lowest BCUT2D eigenvalue weighted by Crippen LogP contribution is -2.51. The summed E-state index contributed by atoms with van der Waals surface area (Å²) in [6.45, 7) is 1.81. The second-order valence-corrected chi connectivity index (χ2v) is 7.34. The minimum Gasteiger partial charge on any atom is -0.477 e. The van der Waals surface area contributed by atoms with E-state index in [1.165, 1.54) is 0 Å². The van der Waals surface area contributed by atoms with Crippen LogP contribution in [0.25, 0.3) is 0 Å². The summed E-state index contributed by atoms with van der Waals surface area (Å²) in [7, 11) is 0. The van der Waals surface area contributed by atoms with Crippen LogP contribution in [0.1, 0.15) is 23.2 Å². The van der Waals surface area contributed by atoms with Gasteiger partial charge in [0.05, 0.1) is 30.9 Å². The van der Waals surface area contributed by atoms with E-state index in [1.807, 2.05) is 29.2 Å². The van der Waals surface area contributed by atoms with Crippen molar-refractivity contribution in [2.75, 3.05) is 19.8 Å². The highest BCUT2D eigenvalue weighted by molar-refractivity contribution is 5.94. The maximum atomic E-state index is 12.8. The number of hydrogen-bond donors (Lipinski definition) is 1. The molecule has 1 N–H and O–H groups in total. The molecule has 0 aromatic carbocycles. The number of fused-ring (bicyclic) bond motifs is 1. The van der Waals surface area contributed by atoms with Crippen molar-refractivity contribution in [2.45, 2.75) is 31.2 Å². The Kier molecular flexibility index (Phi) is 7.62. The Hall–Kier alpha value is -3.21. The number of carbonyl (C=O) groups excluding carboxylic acids is 1. The lowest BCUT2D eigenvalue weighted by molar-refractivity contribution is -0.192. The van der Waals surface area contributed by atoms with Crippen LogP contribution in [-0.2, 0) is 9.53 Å². The van der Waals surface area contributed by atoms with Crippen LogP contribution in [0.2, 0.25) is 0 Å². The molecule has 1 saturated carbocycles. The molecule has 3 heterocycles. The minimum atomic E-state index is -5.08. The van der Waals surface area contributed by atoms with Crippen molar-refractivity contribution in [1.82, 2.24) is 14.9 Å². The highest BCUT2D eigenvalue weighted by atomic mass is 19.4. The van der Waals surface area contributed by atoms with Gasteiger partial charge in [-0.3, -0.25) is 9.78 Å². The van der Waals surface area contributed by atoms with Crippen molar-refractivity contribution < 1.29 is 37.3 Å². The first-order chi connectivity index (χ1) is 15.3. The first kappa shape index (κ1) is 23.5. The van der Waals surface area contributed by atoms with Crippen LogP contribution in [0.4, 0.5) is 13.2 Å². The van der Waals surface area contributed by atoms with Crippen molar-refractivity contribution in [2.24, 2.45) is 5.92 Å². The fourth-order valence-corrected chi connectivity index (χ4v) is 3.73. The Balaban J connectivity index is 0.000000360. The van der Waals surface area contributed by atoms with Crippen molar-refractivity contribution in [3.63, 3.8) is 0 Å². The smallest absolute Gasteiger partial charge is 0.477 e. The zero-order valence-corrected chi connectivity index (χ0v) is 16.9. The third kappa shape index (κ3) is 6.16. The van der Waals surface area contributed by atoms with Crippen LogP contribution in [0.3, 0.4) is 0 Å². The molecule has 1 saturated heterocycles. The minimum absolute atomic E-state index is 0.0395. The number of pyridine rings is 2. The van der Waals surface area contributed by atoms with Gasteiger partial charge in [-0.05, 0) is 37.0 Å². The molecule has 1 aliphatic heterocycles. The van der Waals surface area contributed by atoms with Crippen LogP contribution in [0, 0.1) is 5.92 Å². The summed E-state index contributed by atoms with van der Waals surface area (Å²) >= 11 is 0. The van der Waals surface area contributed by atoms with Gasteiger partial charge < -0.3 is 19.5 Å². The molecule has 0 spiro atoms. The Bertz CT molecular complexity index is 899. The number of hydrogen-bond acceptors (Lipinski definition) is 6. The Morgan fingerprint density at radius 3 is 2.59 bits per heavy atom. The van der Waals surface area contributed by atoms with E-state index in [9.17, 15) is 18.0 Å². The van der Waals surface area contributed by atoms with Crippen LogP contribution < -0.4 is 4.74 Å². The number of halogens is 3. The maximum Gasteiger partial charge on any atom is 0.490 e. The van der Waals surface area contributed by atoms with E-state index in [1.54, 1.807) is 24.7 Å². The van der Waals surface area contributed by atoms with E-state index in [0.717, 1.165) is 12.8 Å². The first-order valence-corrected chi connectivity index (χ1v) is 9.92. The Morgan fingerprint density at radius 2 is 1.97 bits per heavy atom. The van der Waals surface area contributed by atoms with Gasteiger partial charge in [-0.1, -0.05) is 6.07 Å². The molecule has 1 aliphatic carbocycles. The molecule has 2 aromatic heterocycles. The summed E-state index contributed by atoms with van der Waals surface area (Å²) in [5.41, 5.74) is 0.635. The number of nitrogens with zero attached hydrogens (tertiary/aromatic N) is 3. The van der Waals surface area contributed by atoms with Crippen LogP contribution >= 0.6 is 0 Å². The highest BCUT2D eigenvalue weighted by Crippen LogP contribution is 2.35. The Morgan fingerprint density at radius 1 is 1.19 bits per heavy atom. The van der Waals surface area contributed by atoms with Gasteiger partial charge in [-0.2, -0.15) is 13.2 Å². The first-order valence-electron chi connectivity index (χ1n) is 9.92. The van der Waals surface area contributed by atoms with E-state index in [-0.39, 0.29) is 18.1 Å². The number of alkyl halides is 3. The Labute approximate surface area is 182 Å². The summed E-state index contributed by atoms with van der Waals surface area (Å²) in [6, 6.07) is 9.36. The number of carboxylic acids is 1. The molecule has 8 nitrogen and oxygen atoms in total. The largest absolute Gasteiger partial charge is 0.490 e. The third-order valence-corrected chi connectivity index (χ3v) is 5.15. The van der Waals surface area contributed by atoms with Crippen molar-refractivity contribution >= 4 is 11.9 Å². The van der Waals surface area contributed by atoms with Gasteiger partial charge in [0.2, 0.25) is 5.88 Å². The lowest BCUT2D eigenvalue weighted by Gasteiger charge is -2.37. The maximum absolute atomic E-state index is 12.8. The number of ether oxygens (including phenoxy) is 2. The number of carboxylic acid groups (broad SMARTS) is 1.